The first-order valence-electron chi connectivity index (χ1n) is 7.49. The Morgan fingerprint density at radius 3 is 2.15 bits per heavy atom. The molecule has 2 fully saturated rings. The minimum atomic E-state index is 0.786. The Bertz CT molecular complexity index is 427. The molecule has 6 heteroatoms. The number of ether oxygens (including phenoxy) is 1. The predicted octanol–water partition coefficient (Wildman–Crippen LogP) is 0.455. The predicted molar refractivity (Wildman–Crippen MR) is 79.4 cm³/mol. The van der Waals surface area contributed by atoms with E-state index in [1.807, 2.05) is 0 Å². The number of hydrogen-bond acceptors (Lipinski definition) is 6. The summed E-state index contributed by atoms with van der Waals surface area (Å²) in [5, 5.41) is 0. The summed E-state index contributed by atoms with van der Waals surface area (Å²) in [6.07, 6.45) is 1.69. The maximum atomic E-state index is 5.39. The molecule has 6 nitrogen and oxygen atoms in total. The fraction of sp³-hybridized carbons (Fsp3) is 0.714. The van der Waals surface area contributed by atoms with Gasteiger partial charge in [-0.2, -0.15) is 0 Å². The van der Waals surface area contributed by atoms with E-state index >= 15 is 0 Å². The van der Waals surface area contributed by atoms with E-state index in [1.54, 1.807) is 6.33 Å². The van der Waals surface area contributed by atoms with E-state index in [0.717, 1.165) is 70.7 Å². The number of likely N-dealkylation sites (N-methyl/N-ethyl adjacent to an activating group) is 1. The molecule has 0 amide bonds. The lowest BCUT2D eigenvalue weighted by atomic mass is 10.3. The minimum absolute atomic E-state index is 0.786. The van der Waals surface area contributed by atoms with Crippen molar-refractivity contribution in [3.05, 3.63) is 12.4 Å². The maximum Gasteiger partial charge on any atom is 0.134 e. The molecular formula is C14H23N5O. The molecule has 0 atom stereocenters. The quantitative estimate of drug-likeness (QED) is 0.799. The average molecular weight is 277 g/mol. The summed E-state index contributed by atoms with van der Waals surface area (Å²) in [5.74, 6) is 2.08. The van der Waals surface area contributed by atoms with Crippen molar-refractivity contribution in [2.24, 2.45) is 0 Å². The fourth-order valence-corrected chi connectivity index (χ4v) is 2.77. The topological polar surface area (TPSA) is 44.7 Å². The van der Waals surface area contributed by atoms with Crippen LogP contribution in [0.3, 0.4) is 0 Å². The number of anilines is 2. The first-order valence-corrected chi connectivity index (χ1v) is 7.49. The molecule has 0 bridgehead atoms. The molecule has 2 aliphatic heterocycles. The Balaban J connectivity index is 1.68. The molecule has 1 aromatic rings. The van der Waals surface area contributed by atoms with Crippen LogP contribution in [-0.2, 0) is 4.74 Å². The largest absolute Gasteiger partial charge is 0.378 e. The van der Waals surface area contributed by atoms with Crippen LogP contribution in [0.2, 0.25) is 0 Å². The lowest BCUT2D eigenvalue weighted by Crippen LogP contribution is -2.46. The summed E-state index contributed by atoms with van der Waals surface area (Å²) in [6.45, 7) is 11.1. The zero-order chi connectivity index (χ0) is 13.8. The van der Waals surface area contributed by atoms with Gasteiger partial charge in [0.05, 0.1) is 13.2 Å². The Morgan fingerprint density at radius 2 is 1.55 bits per heavy atom. The lowest BCUT2D eigenvalue weighted by molar-refractivity contribution is 0.122. The molecule has 0 radical (unpaired) electrons. The van der Waals surface area contributed by atoms with E-state index in [9.17, 15) is 0 Å². The van der Waals surface area contributed by atoms with Crippen molar-refractivity contribution in [1.29, 1.82) is 0 Å². The molecule has 0 spiro atoms. The number of rotatable bonds is 3. The van der Waals surface area contributed by atoms with Gasteiger partial charge in [0.2, 0.25) is 0 Å². The normalized spacial score (nSPS) is 21.2. The summed E-state index contributed by atoms with van der Waals surface area (Å²) in [4.78, 5) is 16.0. The third kappa shape index (κ3) is 3.02. The summed E-state index contributed by atoms with van der Waals surface area (Å²) in [5.41, 5.74) is 0. The van der Waals surface area contributed by atoms with Crippen molar-refractivity contribution in [1.82, 2.24) is 14.9 Å². The van der Waals surface area contributed by atoms with Crippen LogP contribution in [0.15, 0.2) is 12.4 Å². The number of nitrogens with zero attached hydrogens (tertiary/aromatic N) is 5. The van der Waals surface area contributed by atoms with E-state index in [4.69, 9.17) is 4.74 Å². The van der Waals surface area contributed by atoms with Crippen LogP contribution in [0.25, 0.3) is 0 Å². The van der Waals surface area contributed by atoms with Gasteiger partial charge in [-0.05, 0) is 6.54 Å². The Kier molecular flexibility index (Phi) is 4.32. The highest BCUT2D eigenvalue weighted by Gasteiger charge is 2.19. The van der Waals surface area contributed by atoms with Gasteiger partial charge in [0.1, 0.15) is 18.0 Å². The fourth-order valence-electron chi connectivity index (χ4n) is 2.77. The molecule has 20 heavy (non-hydrogen) atoms. The van der Waals surface area contributed by atoms with Crippen LogP contribution in [0.4, 0.5) is 11.6 Å². The third-order valence-corrected chi connectivity index (χ3v) is 4.12. The van der Waals surface area contributed by atoms with Gasteiger partial charge in [0.25, 0.3) is 0 Å². The van der Waals surface area contributed by atoms with Crippen LogP contribution in [0, 0.1) is 0 Å². The van der Waals surface area contributed by atoms with Gasteiger partial charge in [-0.15, -0.1) is 0 Å². The second kappa shape index (κ2) is 6.37. The maximum absolute atomic E-state index is 5.39. The Hall–Kier alpha value is -1.40. The van der Waals surface area contributed by atoms with Crippen molar-refractivity contribution < 1.29 is 4.74 Å². The van der Waals surface area contributed by atoms with Crippen LogP contribution in [0.1, 0.15) is 6.92 Å². The molecule has 0 aromatic carbocycles. The van der Waals surface area contributed by atoms with Crippen molar-refractivity contribution in [3.8, 4) is 0 Å². The van der Waals surface area contributed by atoms with Crippen LogP contribution in [-0.4, -0.2) is 73.9 Å². The second-order valence-electron chi connectivity index (χ2n) is 5.26. The van der Waals surface area contributed by atoms with E-state index < -0.39 is 0 Å². The first kappa shape index (κ1) is 13.6. The minimum Gasteiger partial charge on any atom is -0.378 e. The van der Waals surface area contributed by atoms with Crippen LogP contribution >= 0.6 is 0 Å². The van der Waals surface area contributed by atoms with Crippen molar-refractivity contribution >= 4 is 11.6 Å². The molecule has 0 N–H and O–H groups in total. The van der Waals surface area contributed by atoms with Gasteiger partial charge in [0, 0.05) is 45.3 Å². The van der Waals surface area contributed by atoms with E-state index in [-0.39, 0.29) is 0 Å². The number of hydrogen-bond donors (Lipinski definition) is 0. The molecule has 0 unspecified atom stereocenters. The highest BCUT2D eigenvalue weighted by Crippen LogP contribution is 2.19. The molecule has 0 aliphatic carbocycles. The van der Waals surface area contributed by atoms with Crippen LogP contribution in [0.5, 0.6) is 0 Å². The summed E-state index contributed by atoms with van der Waals surface area (Å²) >= 11 is 0. The van der Waals surface area contributed by atoms with E-state index in [0.29, 0.717) is 0 Å². The highest BCUT2D eigenvalue weighted by molar-refractivity contribution is 5.50. The number of morpholine rings is 1. The smallest absolute Gasteiger partial charge is 0.134 e. The van der Waals surface area contributed by atoms with Gasteiger partial charge in [0.15, 0.2) is 0 Å². The standard InChI is InChI=1S/C14H23N5O/c1-2-17-3-5-18(6-4-17)13-11-14(16-12-15-13)19-7-9-20-10-8-19/h11-12H,2-10H2,1H3. The van der Waals surface area contributed by atoms with Crippen LogP contribution < -0.4 is 9.80 Å². The molecule has 2 aliphatic rings. The molecule has 3 heterocycles. The Morgan fingerprint density at radius 1 is 0.950 bits per heavy atom. The molecule has 0 saturated carbocycles. The van der Waals surface area contributed by atoms with Crippen molar-refractivity contribution in [3.63, 3.8) is 0 Å². The van der Waals surface area contributed by atoms with Gasteiger partial charge < -0.3 is 19.4 Å². The monoisotopic (exact) mass is 277 g/mol. The zero-order valence-corrected chi connectivity index (χ0v) is 12.2. The summed E-state index contributed by atoms with van der Waals surface area (Å²) in [6, 6.07) is 2.12. The van der Waals surface area contributed by atoms with Crippen molar-refractivity contribution in [2.45, 2.75) is 6.92 Å². The molecule has 2 saturated heterocycles. The van der Waals surface area contributed by atoms with Gasteiger partial charge in [-0.1, -0.05) is 6.92 Å². The molecule has 1 aromatic heterocycles. The summed E-state index contributed by atoms with van der Waals surface area (Å²) < 4.78 is 5.39. The Labute approximate surface area is 120 Å². The van der Waals surface area contributed by atoms with Gasteiger partial charge in [-0.25, -0.2) is 9.97 Å². The molecular weight excluding hydrogens is 254 g/mol. The third-order valence-electron chi connectivity index (χ3n) is 4.12. The zero-order valence-electron chi connectivity index (χ0n) is 12.2. The lowest BCUT2D eigenvalue weighted by Gasteiger charge is -2.35. The first-order chi connectivity index (χ1) is 9.86. The van der Waals surface area contributed by atoms with E-state index in [1.165, 1.54) is 0 Å². The van der Waals surface area contributed by atoms with Gasteiger partial charge in [-0.3, -0.25) is 0 Å². The van der Waals surface area contributed by atoms with Crippen molar-refractivity contribution in [2.75, 3.05) is 68.8 Å². The van der Waals surface area contributed by atoms with Gasteiger partial charge >= 0.3 is 0 Å². The van der Waals surface area contributed by atoms with E-state index in [2.05, 4.69) is 37.7 Å². The average Bonchev–Trinajstić information content (AvgIpc) is 2.56. The second-order valence-corrected chi connectivity index (χ2v) is 5.26. The molecule has 110 valence electrons. The number of piperazine rings is 1. The highest BCUT2D eigenvalue weighted by atomic mass is 16.5. The number of aromatic nitrogens is 2. The summed E-state index contributed by atoms with van der Waals surface area (Å²) in [7, 11) is 0. The molecule has 3 rings (SSSR count). The SMILES string of the molecule is CCN1CCN(c2cc(N3CCOCC3)ncn2)CC1.